The van der Waals surface area contributed by atoms with Crippen molar-refractivity contribution in [2.24, 2.45) is 5.73 Å². The van der Waals surface area contributed by atoms with E-state index in [0.29, 0.717) is 26.1 Å². The number of ether oxygens (including phenoxy) is 1. The Bertz CT molecular complexity index is 246. The molecule has 0 aromatic carbocycles. The average molecular weight is 197 g/mol. The Morgan fingerprint density at radius 2 is 1.92 bits per heavy atom. The van der Waals surface area contributed by atoms with Crippen LogP contribution in [0.15, 0.2) is 0 Å². The summed E-state index contributed by atoms with van der Waals surface area (Å²) < 4.78 is 37.9. The summed E-state index contributed by atoms with van der Waals surface area (Å²) in [6, 6.07) is 0. The molecule has 0 spiro atoms. The molecule has 0 aromatic heterocycles. The molecule has 0 aliphatic carbocycles. The molecule has 6 heteroatoms. The van der Waals surface area contributed by atoms with Crippen molar-refractivity contribution in [1.29, 1.82) is 0 Å². The maximum Gasteiger partial charge on any atom is 0.304 e. The van der Waals surface area contributed by atoms with E-state index >= 15 is 0 Å². The Morgan fingerprint density at radius 3 is 2.33 bits per heavy atom. The van der Waals surface area contributed by atoms with Crippen LogP contribution in [0.1, 0.15) is 12.8 Å². The highest BCUT2D eigenvalue weighted by atomic mass is 32.3. The maximum absolute atomic E-state index is 12.3. The molecule has 0 saturated carbocycles. The lowest BCUT2D eigenvalue weighted by molar-refractivity contribution is 0.0602. The van der Waals surface area contributed by atoms with Crippen LogP contribution < -0.4 is 5.73 Å². The fraction of sp³-hybridized carbons (Fsp3) is 1.00. The van der Waals surface area contributed by atoms with E-state index in [1.165, 1.54) is 0 Å². The zero-order chi connectivity index (χ0) is 9.24. The molecule has 0 atom stereocenters. The predicted octanol–water partition coefficient (Wildman–Crippen LogP) is -0.206. The fourth-order valence-corrected chi connectivity index (χ4v) is 2.24. The van der Waals surface area contributed by atoms with Gasteiger partial charge in [-0.15, -0.1) is 3.89 Å². The van der Waals surface area contributed by atoms with E-state index in [9.17, 15) is 12.3 Å². The van der Waals surface area contributed by atoms with E-state index in [4.69, 9.17) is 10.5 Å². The van der Waals surface area contributed by atoms with Gasteiger partial charge in [-0.05, 0) is 12.8 Å². The van der Waals surface area contributed by atoms with Crippen LogP contribution in [0.3, 0.4) is 0 Å². The van der Waals surface area contributed by atoms with E-state index in [1.54, 1.807) is 0 Å². The molecule has 0 aromatic rings. The van der Waals surface area contributed by atoms with Crippen molar-refractivity contribution < 1.29 is 17.0 Å². The molecular formula is C6H12FNO3S. The van der Waals surface area contributed by atoms with E-state index < -0.39 is 21.5 Å². The molecule has 0 amide bonds. The standard InChI is InChI=1S/C6H12FNO3S/c7-12(9,10)5-6(8)1-3-11-4-2-6/h1-5,8H2. The van der Waals surface area contributed by atoms with Gasteiger partial charge in [0, 0.05) is 18.8 Å². The Kier molecular flexibility index (Phi) is 2.70. The molecule has 0 unspecified atom stereocenters. The summed E-state index contributed by atoms with van der Waals surface area (Å²) in [5, 5.41) is 0. The number of hydrogen-bond donors (Lipinski definition) is 1. The largest absolute Gasteiger partial charge is 0.381 e. The number of halogens is 1. The van der Waals surface area contributed by atoms with Gasteiger partial charge in [0.05, 0.1) is 5.75 Å². The molecule has 4 nitrogen and oxygen atoms in total. The smallest absolute Gasteiger partial charge is 0.304 e. The van der Waals surface area contributed by atoms with Crippen molar-refractivity contribution in [2.45, 2.75) is 18.4 Å². The molecule has 1 rings (SSSR count). The summed E-state index contributed by atoms with van der Waals surface area (Å²) in [5.74, 6) is -0.594. The lowest BCUT2D eigenvalue weighted by Gasteiger charge is -2.31. The van der Waals surface area contributed by atoms with E-state index in [0.717, 1.165) is 0 Å². The van der Waals surface area contributed by atoms with Gasteiger partial charge in [-0.25, -0.2) is 0 Å². The number of nitrogens with two attached hydrogens (primary N) is 1. The van der Waals surface area contributed by atoms with Gasteiger partial charge >= 0.3 is 10.2 Å². The highest BCUT2D eigenvalue weighted by Crippen LogP contribution is 2.20. The van der Waals surface area contributed by atoms with Crippen LogP contribution in [0.2, 0.25) is 0 Å². The first-order valence-corrected chi connectivity index (χ1v) is 5.26. The van der Waals surface area contributed by atoms with Gasteiger partial charge in [0.25, 0.3) is 0 Å². The van der Waals surface area contributed by atoms with Gasteiger partial charge in [0.1, 0.15) is 0 Å². The predicted molar refractivity (Wildman–Crippen MR) is 41.9 cm³/mol. The lowest BCUT2D eigenvalue weighted by atomic mass is 9.94. The Labute approximate surface area is 71.1 Å². The first-order valence-electron chi connectivity index (χ1n) is 3.70. The summed E-state index contributed by atoms with van der Waals surface area (Å²) in [5.41, 5.74) is 4.72. The van der Waals surface area contributed by atoms with Gasteiger partial charge in [-0.3, -0.25) is 0 Å². The Morgan fingerprint density at radius 1 is 1.42 bits per heavy atom. The molecule has 12 heavy (non-hydrogen) atoms. The van der Waals surface area contributed by atoms with Crippen molar-refractivity contribution in [3.05, 3.63) is 0 Å². The molecule has 0 bridgehead atoms. The second-order valence-electron chi connectivity index (χ2n) is 3.16. The third-order valence-electron chi connectivity index (χ3n) is 1.95. The summed E-state index contributed by atoms with van der Waals surface area (Å²) in [6.45, 7) is 0.817. The van der Waals surface area contributed by atoms with Crippen LogP contribution in [0.4, 0.5) is 3.89 Å². The van der Waals surface area contributed by atoms with Crippen LogP contribution in [0.25, 0.3) is 0 Å². The molecule has 0 radical (unpaired) electrons. The van der Waals surface area contributed by atoms with E-state index in [2.05, 4.69) is 0 Å². The molecule has 1 heterocycles. The highest BCUT2D eigenvalue weighted by molar-refractivity contribution is 7.86. The van der Waals surface area contributed by atoms with Gasteiger partial charge in [0.15, 0.2) is 0 Å². The normalized spacial score (nSPS) is 23.8. The molecule has 1 saturated heterocycles. The fourth-order valence-electron chi connectivity index (χ4n) is 1.27. The molecule has 72 valence electrons. The van der Waals surface area contributed by atoms with Gasteiger partial charge in [-0.2, -0.15) is 8.42 Å². The SMILES string of the molecule is NC1(CS(=O)(=O)F)CCOCC1. The number of rotatable bonds is 2. The molecule has 1 aliphatic heterocycles. The highest BCUT2D eigenvalue weighted by Gasteiger charge is 2.33. The minimum atomic E-state index is -4.46. The summed E-state index contributed by atoms with van der Waals surface area (Å²) in [7, 11) is -4.46. The van der Waals surface area contributed by atoms with Crippen molar-refractivity contribution in [1.82, 2.24) is 0 Å². The molecule has 2 N–H and O–H groups in total. The minimum absolute atomic E-state index is 0.399. The van der Waals surface area contributed by atoms with Gasteiger partial charge in [-0.1, -0.05) is 0 Å². The zero-order valence-corrected chi connectivity index (χ0v) is 7.44. The molecular weight excluding hydrogens is 185 g/mol. The average Bonchev–Trinajstić information content (AvgIpc) is 1.83. The van der Waals surface area contributed by atoms with Gasteiger partial charge < -0.3 is 10.5 Å². The van der Waals surface area contributed by atoms with Crippen LogP contribution >= 0.6 is 0 Å². The first kappa shape index (κ1) is 9.88. The molecule has 1 aliphatic rings. The topological polar surface area (TPSA) is 69.4 Å². The number of hydrogen-bond acceptors (Lipinski definition) is 4. The van der Waals surface area contributed by atoms with E-state index in [1.807, 2.05) is 0 Å². The quantitative estimate of drug-likeness (QED) is 0.622. The van der Waals surface area contributed by atoms with E-state index in [-0.39, 0.29) is 0 Å². The van der Waals surface area contributed by atoms with Crippen LogP contribution in [0.5, 0.6) is 0 Å². The second-order valence-corrected chi connectivity index (χ2v) is 4.52. The lowest BCUT2D eigenvalue weighted by Crippen LogP contribution is -2.49. The first-order chi connectivity index (χ1) is 5.41. The van der Waals surface area contributed by atoms with Gasteiger partial charge in [0.2, 0.25) is 0 Å². The van der Waals surface area contributed by atoms with Crippen LogP contribution in [-0.4, -0.2) is 32.9 Å². The Balaban J connectivity index is 2.59. The summed E-state index contributed by atoms with van der Waals surface area (Å²) in [6.07, 6.45) is 0.798. The second kappa shape index (κ2) is 3.27. The maximum atomic E-state index is 12.3. The monoisotopic (exact) mass is 197 g/mol. The van der Waals surface area contributed by atoms with Crippen LogP contribution in [0, 0.1) is 0 Å². The van der Waals surface area contributed by atoms with Crippen molar-refractivity contribution in [2.75, 3.05) is 19.0 Å². The summed E-state index contributed by atoms with van der Waals surface area (Å²) in [4.78, 5) is 0. The van der Waals surface area contributed by atoms with Crippen molar-refractivity contribution >= 4 is 10.2 Å². The minimum Gasteiger partial charge on any atom is -0.381 e. The molecule has 1 fully saturated rings. The zero-order valence-electron chi connectivity index (χ0n) is 6.62. The van der Waals surface area contributed by atoms with Crippen molar-refractivity contribution in [3.8, 4) is 0 Å². The third-order valence-corrected chi connectivity index (χ3v) is 2.87. The third kappa shape index (κ3) is 3.04. The Hall–Kier alpha value is -0.200. The summed E-state index contributed by atoms with van der Waals surface area (Å²) >= 11 is 0. The van der Waals surface area contributed by atoms with Crippen LogP contribution in [-0.2, 0) is 15.0 Å². The van der Waals surface area contributed by atoms with Crippen molar-refractivity contribution in [3.63, 3.8) is 0 Å².